The summed E-state index contributed by atoms with van der Waals surface area (Å²) in [6.45, 7) is 3.94. The predicted molar refractivity (Wildman–Crippen MR) is 67.6 cm³/mol. The van der Waals surface area contributed by atoms with Crippen molar-refractivity contribution in [3.8, 4) is 6.07 Å². The van der Waals surface area contributed by atoms with E-state index in [4.69, 9.17) is 15.7 Å². The highest BCUT2D eigenvalue weighted by molar-refractivity contribution is 5.16. The second-order valence-corrected chi connectivity index (χ2v) is 4.57. The van der Waals surface area contributed by atoms with Gasteiger partial charge in [-0.15, -0.1) is 0 Å². The van der Waals surface area contributed by atoms with E-state index >= 15 is 0 Å². The molecule has 0 saturated carbocycles. The van der Waals surface area contributed by atoms with E-state index in [0.29, 0.717) is 13.2 Å². The van der Waals surface area contributed by atoms with Crippen LogP contribution < -0.4 is 5.73 Å². The lowest BCUT2D eigenvalue weighted by atomic mass is 10.00. The maximum absolute atomic E-state index is 8.95. The molecule has 1 aromatic heterocycles. The smallest absolute Gasteiger partial charge is 0.156 e. The van der Waals surface area contributed by atoms with Gasteiger partial charge in [-0.05, 0) is 18.6 Å². The number of nitrogens with two attached hydrogens (primary N) is 1. The van der Waals surface area contributed by atoms with Crippen LogP contribution in [0.2, 0.25) is 0 Å². The third-order valence-electron chi connectivity index (χ3n) is 3.16. The first-order chi connectivity index (χ1) is 8.72. The molecular weight excluding hydrogens is 228 g/mol. The first-order valence-corrected chi connectivity index (χ1v) is 6.13. The average Bonchev–Trinajstić information content (AvgIpc) is 2.40. The highest BCUT2D eigenvalue weighted by atomic mass is 16.5. The molecule has 96 valence electrons. The Morgan fingerprint density at radius 1 is 1.67 bits per heavy atom. The van der Waals surface area contributed by atoms with E-state index in [1.165, 1.54) is 0 Å². The minimum absolute atomic E-state index is 0.0216. The number of pyridine rings is 1. The summed E-state index contributed by atoms with van der Waals surface area (Å²) in [7, 11) is 0. The van der Waals surface area contributed by atoms with Crippen molar-refractivity contribution in [2.75, 3.05) is 19.7 Å². The molecule has 5 heteroatoms. The largest absolute Gasteiger partial charge is 0.361 e. The van der Waals surface area contributed by atoms with Crippen molar-refractivity contribution in [3.63, 3.8) is 0 Å². The number of hydrogen-bond donors (Lipinski definition) is 1. The molecule has 1 aliphatic rings. The molecule has 2 rings (SSSR count). The topological polar surface area (TPSA) is 75.2 Å². The summed E-state index contributed by atoms with van der Waals surface area (Å²) < 4.78 is 5.36. The Balaban J connectivity index is 2.18. The molecular formula is C13H18N4O. The fourth-order valence-electron chi connectivity index (χ4n) is 2.40. The SMILES string of the molecule is CC(N)C(c1cccnc1)N1CCOC(C#N)C1. The lowest BCUT2D eigenvalue weighted by Crippen LogP contribution is -2.48. The van der Waals surface area contributed by atoms with Crippen molar-refractivity contribution in [2.45, 2.75) is 25.1 Å². The van der Waals surface area contributed by atoms with Gasteiger partial charge in [0.1, 0.15) is 0 Å². The maximum atomic E-state index is 8.95. The quantitative estimate of drug-likeness (QED) is 0.849. The van der Waals surface area contributed by atoms with Crippen LogP contribution in [0.4, 0.5) is 0 Å². The van der Waals surface area contributed by atoms with Crippen LogP contribution in [0.5, 0.6) is 0 Å². The summed E-state index contributed by atoms with van der Waals surface area (Å²) >= 11 is 0. The predicted octanol–water partition coefficient (Wildman–Crippen LogP) is 0.694. The Hall–Kier alpha value is -1.48. The summed E-state index contributed by atoms with van der Waals surface area (Å²) in [6, 6.07) is 6.15. The van der Waals surface area contributed by atoms with Gasteiger partial charge in [0.25, 0.3) is 0 Å². The maximum Gasteiger partial charge on any atom is 0.156 e. The van der Waals surface area contributed by atoms with Crippen molar-refractivity contribution in [1.29, 1.82) is 5.26 Å². The van der Waals surface area contributed by atoms with Gasteiger partial charge in [-0.25, -0.2) is 0 Å². The van der Waals surface area contributed by atoms with E-state index in [-0.39, 0.29) is 18.2 Å². The Kier molecular flexibility index (Phi) is 4.26. The van der Waals surface area contributed by atoms with E-state index in [1.54, 1.807) is 6.20 Å². The van der Waals surface area contributed by atoms with Crippen LogP contribution in [-0.2, 0) is 4.74 Å². The van der Waals surface area contributed by atoms with Crippen LogP contribution >= 0.6 is 0 Å². The molecule has 3 unspecified atom stereocenters. The van der Waals surface area contributed by atoms with Gasteiger partial charge < -0.3 is 10.5 Å². The highest BCUT2D eigenvalue weighted by Crippen LogP contribution is 2.24. The van der Waals surface area contributed by atoms with Crippen LogP contribution in [0, 0.1) is 11.3 Å². The fourth-order valence-corrected chi connectivity index (χ4v) is 2.40. The number of aromatic nitrogens is 1. The average molecular weight is 246 g/mol. The van der Waals surface area contributed by atoms with Crippen molar-refractivity contribution >= 4 is 0 Å². The van der Waals surface area contributed by atoms with Gasteiger partial charge in [0.2, 0.25) is 0 Å². The van der Waals surface area contributed by atoms with Gasteiger partial charge >= 0.3 is 0 Å². The van der Waals surface area contributed by atoms with Crippen LogP contribution in [0.15, 0.2) is 24.5 Å². The van der Waals surface area contributed by atoms with Gasteiger partial charge in [-0.2, -0.15) is 5.26 Å². The highest BCUT2D eigenvalue weighted by Gasteiger charge is 2.29. The molecule has 3 atom stereocenters. The minimum atomic E-state index is -0.364. The van der Waals surface area contributed by atoms with E-state index in [9.17, 15) is 0 Å². The van der Waals surface area contributed by atoms with Crippen LogP contribution in [0.25, 0.3) is 0 Å². The molecule has 0 aromatic carbocycles. The normalized spacial score (nSPS) is 24.2. The van der Waals surface area contributed by atoms with E-state index in [2.05, 4.69) is 16.0 Å². The molecule has 18 heavy (non-hydrogen) atoms. The molecule has 1 aromatic rings. The Labute approximate surface area is 107 Å². The van der Waals surface area contributed by atoms with Gasteiger partial charge in [-0.3, -0.25) is 9.88 Å². The standard InChI is InChI=1S/C13H18N4O/c1-10(15)13(11-3-2-4-16-8-11)17-5-6-18-12(7-14)9-17/h2-4,8,10,12-13H,5-6,9,15H2,1H3. The van der Waals surface area contributed by atoms with E-state index in [1.807, 2.05) is 25.3 Å². The Morgan fingerprint density at radius 2 is 2.50 bits per heavy atom. The van der Waals surface area contributed by atoms with Crippen molar-refractivity contribution in [2.24, 2.45) is 5.73 Å². The molecule has 2 N–H and O–H groups in total. The van der Waals surface area contributed by atoms with Crippen LogP contribution in [0.3, 0.4) is 0 Å². The molecule has 1 saturated heterocycles. The van der Waals surface area contributed by atoms with Crippen molar-refractivity contribution < 1.29 is 4.74 Å². The Morgan fingerprint density at radius 3 is 3.11 bits per heavy atom. The van der Waals surface area contributed by atoms with Gasteiger partial charge in [0.05, 0.1) is 18.7 Å². The summed E-state index contributed by atoms with van der Waals surface area (Å²) in [5.41, 5.74) is 7.18. The number of rotatable bonds is 3. The molecule has 1 fully saturated rings. The fraction of sp³-hybridized carbons (Fsp3) is 0.538. The van der Waals surface area contributed by atoms with Gasteiger partial charge in [0.15, 0.2) is 6.10 Å². The zero-order valence-corrected chi connectivity index (χ0v) is 10.5. The monoisotopic (exact) mass is 246 g/mol. The molecule has 0 aliphatic carbocycles. The first-order valence-electron chi connectivity index (χ1n) is 6.13. The Bertz CT molecular complexity index is 415. The van der Waals surface area contributed by atoms with E-state index < -0.39 is 0 Å². The first kappa shape index (κ1) is 13.0. The zero-order chi connectivity index (χ0) is 13.0. The van der Waals surface area contributed by atoms with Crippen LogP contribution in [-0.4, -0.2) is 41.7 Å². The molecule has 0 spiro atoms. The molecule has 0 amide bonds. The lowest BCUT2D eigenvalue weighted by molar-refractivity contribution is -0.0211. The third-order valence-corrected chi connectivity index (χ3v) is 3.16. The molecule has 0 radical (unpaired) electrons. The molecule has 2 heterocycles. The minimum Gasteiger partial charge on any atom is -0.361 e. The molecule has 1 aliphatic heterocycles. The lowest BCUT2D eigenvalue weighted by Gasteiger charge is -2.38. The van der Waals surface area contributed by atoms with Crippen molar-refractivity contribution in [1.82, 2.24) is 9.88 Å². The second kappa shape index (κ2) is 5.91. The number of ether oxygens (including phenoxy) is 1. The van der Waals surface area contributed by atoms with Crippen molar-refractivity contribution in [3.05, 3.63) is 30.1 Å². The summed E-state index contributed by atoms with van der Waals surface area (Å²) in [6.07, 6.45) is 3.22. The second-order valence-electron chi connectivity index (χ2n) is 4.57. The van der Waals surface area contributed by atoms with Gasteiger partial charge in [-0.1, -0.05) is 6.07 Å². The number of hydrogen-bond acceptors (Lipinski definition) is 5. The summed E-state index contributed by atoms with van der Waals surface area (Å²) in [4.78, 5) is 6.35. The number of morpholine rings is 1. The molecule has 5 nitrogen and oxygen atoms in total. The van der Waals surface area contributed by atoms with Gasteiger partial charge in [0, 0.05) is 31.5 Å². The zero-order valence-electron chi connectivity index (χ0n) is 10.5. The number of nitriles is 1. The van der Waals surface area contributed by atoms with E-state index in [0.717, 1.165) is 12.1 Å². The van der Waals surface area contributed by atoms with Crippen LogP contribution in [0.1, 0.15) is 18.5 Å². The third kappa shape index (κ3) is 2.85. The molecule has 0 bridgehead atoms. The summed E-state index contributed by atoms with van der Waals surface area (Å²) in [5.74, 6) is 0. The number of nitrogens with zero attached hydrogens (tertiary/aromatic N) is 3. The summed E-state index contributed by atoms with van der Waals surface area (Å²) in [5, 5.41) is 8.95.